The molecule has 72 heavy (non-hydrogen) atoms. The maximum atomic E-state index is 15.4. The number of fused-ring (bicyclic) bond motifs is 1. The van der Waals surface area contributed by atoms with Crippen LogP contribution >= 0.6 is 0 Å². The van der Waals surface area contributed by atoms with Gasteiger partial charge in [0, 0.05) is 27.6 Å². The van der Waals surface area contributed by atoms with Gasteiger partial charge in [-0.1, -0.05) is 54.6 Å². The van der Waals surface area contributed by atoms with Crippen LogP contribution in [0, 0.1) is 116 Å². The molecule has 0 unspecified atom stereocenters. The number of hydrogen-bond acceptors (Lipinski definition) is 1. The quantitative estimate of drug-likeness (QED) is 0.0404. The third-order valence-electron chi connectivity index (χ3n) is 12.1. The lowest BCUT2D eigenvalue weighted by Gasteiger charge is -2.44. The van der Waals surface area contributed by atoms with Crippen molar-refractivity contribution in [2.45, 2.75) is 0 Å². The van der Waals surface area contributed by atoms with Crippen molar-refractivity contribution in [1.82, 2.24) is 0 Å². The van der Waals surface area contributed by atoms with E-state index in [1.54, 1.807) is 0 Å². The van der Waals surface area contributed by atoms with Crippen LogP contribution < -0.4 is 31.4 Å². The number of benzene rings is 9. The summed E-state index contributed by atoms with van der Waals surface area (Å²) in [5, 5.41) is 8.63. The van der Waals surface area contributed by atoms with Crippen molar-refractivity contribution in [2.24, 2.45) is 0 Å². The van der Waals surface area contributed by atoms with Gasteiger partial charge in [-0.3, -0.25) is 0 Å². The Morgan fingerprint density at radius 3 is 0.986 bits per heavy atom. The zero-order chi connectivity index (χ0) is 52.2. The zero-order valence-corrected chi connectivity index (χ0v) is 34.7. The van der Waals surface area contributed by atoms with Crippen LogP contribution in [-0.2, 0) is 0 Å². The summed E-state index contributed by atoms with van der Waals surface area (Å²) in [5.74, 6) is -70.5. The molecule has 0 amide bonds. The molecule has 2 nitrogen and oxygen atoms in total. The van der Waals surface area contributed by atoms with Gasteiger partial charge < -0.3 is 0 Å². The third kappa shape index (κ3) is 6.94. The van der Waals surface area contributed by atoms with Crippen LogP contribution in [0.1, 0.15) is 0 Å². The average molecular weight is 1030 g/mol. The normalized spacial score (nSPS) is 11.9. The SMILES string of the molecule is Fc1c(F)c(F)c([B-](c2c(F)c(F)c(F)c(F)c2F)(c2c(F)c(F)c(F)c(F)c2F)c2c(F)c(F)c(F)c(F)c2F)c(F)c1F.c1cc2ccc3ccc(O[n+]4cccc5ccccc54)c4ccc(c1)c2c34. The van der Waals surface area contributed by atoms with Crippen LogP contribution in [0.2, 0.25) is 0 Å². The monoisotopic (exact) mass is 1030 g/mol. The van der Waals surface area contributed by atoms with Crippen molar-refractivity contribution in [1.29, 1.82) is 0 Å². The first-order valence-corrected chi connectivity index (χ1v) is 20.1. The van der Waals surface area contributed by atoms with Crippen LogP contribution in [0.4, 0.5) is 87.8 Å². The zero-order valence-electron chi connectivity index (χ0n) is 34.7. The van der Waals surface area contributed by atoms with Crippen LogP contribution in [0.15, 0.2) is 97.2 Å². The standard InChI is InChI=1S/C25H16NO.C24BF20/c1-2-9-22-17(5-1)8-4-16-26(22)27-23-15-13-20-11-10-18-6-3-7-19-12-14-21(23)25(20)24(18)19;26-5-1(6(27)14(35)21(42)13(5)34)25(2-7(28)15(36)22(43)16(37)8(2)29,3-9(30)17(38)23(44)18(39)10(3)31)4-11(32)19(40)24(45)20(41)12(4)33/h1-16H;/q+1;-1. The summed E-state index contributed by atoms with van der Waals surface area (Å²) in [6.45, 7) is 0. The van der Waals surface area contributed by atoms with Gasteiger partial charge in [0.1, 0.15) is 52.7 Å². The first-order chi connectivity index (χ1) is 34.1. The molecule has 1 aromatic heterocycles. The first kappa shape index (κ1) is 48.9. The number of halogens is 20. The third-order valence-corrected chi connectivity index (χ3v) is 12.1. The van der Waals surface area contributed by atoms with E-state index in [2.05, 4.69) is 72.8 Å². The van der Waals surface area contributed by atoms with Crippen LogP contribution in [0.3, 0.4) is 0 Å². The van der Waals surface area contributed by atoms with E-state index in [1.807, 2.05) is 29.1 Å². The molecule has 0 fully saturated rings. The molecule has 1 heterocycles. The molecule has 23 heteroatoms. The Labute approximate surface area is 387 Å². The van der Waals surface area contributed by atoms with Gasteiger partial charge in [-0.05, 0) is 45.8 Å². The van der Waals surface area contributed by atoms with Gasteiger partial charge >= 0.3 is 0 Å². The predicted octanol–water partition coefficient (Wildman–Crippen LogP) is 11.7. The van der Waals surface area contributed by atoms with Gasteiger partial charge in [-0.25, -0.2) is 92.6 Å². The van der Waals surface area contributed by atoms with Crippen molar-refractivity contribution in [2.75, 3.05) is 0 Å². The molecule has 9 aromatic carbocycles. The highest BCUT2D eigenvalue weighted by Gasteiger charge is 2.52. The van der Waals surface area contributed by atoms with Gasteiger partial charge in [0.15, 0.2) is 69.8 Å². The Kier molecular flexibility index (Phi) is 12.0. The summed E-state index contributed by atoms with van der Waals surface area (Å²) < 4.78 is 296. The average Bonchev–Trinajstić information content (AvgIpc) is 3.38. The number of hydrogen-bond donors (Lipinski definition) is 0. The van der Waals surface area contributed by atoms with Crippen molar-refractivity contribution >= 4 is 71.2 Å². The molecule has 0 N–H and O–H groups in total. The highest BCUT2D eigenvalue weighted by atomic mass is 19.2. The van der Waals surface area contributed by atoms with E-state index in [1.165, 1.54) is 26.9 Å². The second-order valence-corrected chi connectivity index (χ2v) is 15.7. The maximum absolute atomic E-state index is 15.4. The number of nitrogens with zero attached hydrogens (tertiary/aromatic N) is 1. The topological polar surface area (TPSA) is 13.1 Å². The molecule has 10 aromatic rings. The van der Waals surface area contributed by atoms with E-state index in [0.29, 0.717) is 0 Å². The predicted molar refractivity (Wildman–Crippen MR) is 220 cm³/mol. The summed E-state index contributed by atoms with van der Waals surface area (Å²) >= 11 is 0. The molecule has 0 saturated carbocycles. The molecule has 0 spiro atoms. The number of aromatic nitrogens is 1. The van der Waals surface area contributed by atoms with E-state index in [4.69, 9.17) is 4.84 Å². The van der Waals surface area contributed by atoms with Crippen molar-refractivity contribution in [3.63, 3.8) is 0 Å². The molecule has 366 valence electrons. The van der Waals surface area contributed by atoms with E-state index in [-0.39, 0.29) is 0 Å². The minimum absolute atomic E-state index is 0.863. The highest BCUT2D eigenvalue weighted by Crippen LogP contribution is 2.39. The van der Waals surface area contributed by atoms with E-state index >= 15 is 35.1 Å². The first-order valence-electron chi connectivity index (χ1n) is 20.1. The lowest BCUT2D eigenvalue weighted by molar-refractivity contribution is -0.854. The molecule has 0 saturated heterocycles. The summed E-state index contributed by atoms with van der Waals surface area (Å²) in [6.07, 6.45) is -5.26. The Hall–Kier alpha value is -8.11. The number of para-hydroxylation sites is 1. The van der Waals surface area contributed by atoms with Crippen molar-refractivity contribution in [3.8, 4) is 5.75 Å². The smallest absolute Gasteiger partial charge is 0.230 e. The number of pyridine rings is 1. The van der Waals surface area contributed by atoms with Crippen LogP contribution in [0.25, 0.3) is 43.2 Å². The Bertz CT molecular complexity index is 3520. The molecule has 0 atom stereocenters. The summed E-state index contributed by atoms with van der Waals surface area (Å²) in [6, 6.07) is 31.8. The Balaban J connectivity index is 0.000000199. The van der Waals surface area contributed by atoms with Gasteiger partial charge in [0.25, 0.3) is 5.52 Å². The fourth-order valence-corrected chi connectivity index (χ4v) is 8.98. The van der Waals surface area contributed by atoms with E-state index < -0.39 is 144 Å². The second kappa shape index (κ2) is 17.6. The molecule has 10 rings (SSSR count). The summed E-state index contributed by atoms with van der Waals surface area (Å²) in [7, 11) is 0. The Morgan fingerprint density at radius 2 is 0.583 bits per heavy atom. The fourth-order valence-electron chi connectivity index (χ4n) is 8.98. The van der Waals surface area contributed by atoms with E-state index in [9.17, 15) is 52.7 Å². The summed E-state index contributed by atoms with van der Waals surface area (Å²) in [4.78, 5) is 6.37. The lowest BCUT2D eigenvalue weighted by atomic mass is 9.12. The molecule has 0 aliphatic rings. The van der Waals surface area contributed by atoms with Crippen LogP contribution in [0.5, 0.6) is 5.75 Å². The number of rotatable bonds is 6. The van der Waals surface area contributed by atoms with Crippen molar-refractivity contribution < 1.29 is 97.4 Å². The van der Waals surface area contributed by atoms with Gasteiger partial charge in [-0.2, -0.15) is 0 Å². The fraction of sp³-hybridized carbons (Fsp3) is 0. The van der Waals surface area contributed by atoms with Gasteiger partial charge in [0.2, 0.25) is 11.9 Å². The molecule has 0 bridgehead atoms. The minimum Gasteiger partial charge on any atom is -0.230 e. The highest BCUT2D eigenvalue weighted by molar-refractivity contribution is 7.20. The lowest BCUT2D eigenvalue weighted by Crippen LogP contribution is -2.81. The molecular formula is C49H16BF20NO. The molecule has 0 aliphatic heterocycles. The largest absolute Gasteiger partial charge is 0.265 e. The van der Waals surface area contributed by atoms with Gasteiger partial charge in [-0.15, -0.1) is 21.9 Å². The van der Waals surface area contributed by atoms with Gasteiger partial charge in [0.05, 0.1) is 5.39 Å². The van der Waals surface area contributed by atoms with Crippen LogP contribution in [-0.4, -0.2) is 6.15 Å². The molecule has 0 aliphatic carbocycles. The molecular weight excluding hydrogens is 1010 g/mol. The van der Waals surface area contributed by atoms with E-state index in [0.717, 1.165) is 22.0 Å². The Morgan fingerprint density at radius 1 is 0.278 bits per heavy atom. The maximum Gasteiger partial charge on any atom is 0.265 e. The second-order valence-electron chi connectivity index (χ2n) is 15.7. The summed E-state index contributed by atoms with van der Waals surface area (Å²) in [5.41, 5.74) is -13.3. The minimum atomic E-state index is -7.22. The van der Waals surface area contributed by atoms with Crippen molar-refractivity contribution in [3.05, 3.63) is 214 Å². The molecule has 0 radical (unpaired) electrons.